The average Bonchev–Trinajstić information content (AvgIpc) is 1.95. The van der Waals surface area contributed by atoms with E-state index in [-0.39, 0.29) is 5.82 Å². The molecule has 1 rings (SSSR count). The fourth-order valence-electron chi connectivity index (χ4n) is 0.757. The Kier molecular flexibility index (Phi) is 2.37. The standard InChI is InChI=1S/C6H5F4N3O/c7-2-1-3(11)13-5(12)4(2)14-6(8,9)10/h1H,(H4,11,12,13). The smallest absolute Gasteiger partial charge is 0.399 e. The predicted molar refractivity (Wildman–Crippen MR) is 39.7 cm³/mol. The van der Waals surface area contributed by atoms with Crippen molar-refractivity contribution in [3.8, 4) is 5.75 Å². The lowest BCUT2D eigenvalue weighted by Crippen LogP contribution is -2.19. The van der Waals surface area contributed by atoms with Crippen molar-refractivity contribution in [2.45, 2.75) is 6.36 Å². The molecule has 8 heteroatoms. The third-order valence-corrected chi connectivity index (χ3v) is 1.19. The van der Waals surface area contributed by atoms with E-state index in [2.05, 4.69) is 9.72 Å². The number of anilines is 2. The molecule has 0 amide bonds. The van der Waals surface area contributed by atoms with E-state index in [1.807, 2.05) is 0 Å². The normalized spacial score (nSPS) is 11.4. The monoisotopic (exact) mass is 211 g/mol. The van der Waals surface area contributed by atoms with Crippen LogP contribution in [0.5, 0.6) is 5.75 Å². The van der Waals surface area contributed by atoms with Gasteiger partial charge in [-0.15, -0.1) is 13.2 Å². The van der Waals surface area contributed by atoms with Crippen LogP contribution in [0, 0.1) is 5.82 Å². The van der Waals surface area contributed by atoms with Gasteiger partial charge in [0.1, 0.15) is 5.82 Å². The molecular formula is C6H5F4N3O. The van der Waals surface area contributed by atoms with Gasteiger partial charge in [-0.2, -0.15) is 0 Å². The first-order chi connectivity index (χ1) is 6.29. The average molecular weight is 211 g/mol. The molecule has 0 radical (unpaired) electrons. The fourth-order valence-corrected chi connectivity index (χ4v) is 0.757. The lowest BCUT2D eigenvalue weighted by atomic mass is 10.4. The van der Waals surface area contributed by atoms with Gasteiger partial charge in [0, 0.05) is 6.07 Å². The summed E-state index contributed by atoms with van der Waals surface area (Å²) in [6.07, 6.45) is -5.02. The maximum absolute atomic E-state index is 12.8. The van der Waals surface area contributed by atoms with E-state index in [9.17, 15) is 17.6 Å². The van der Waals surface area contributed by atoms with E-state index < -0.39 is 23.7 Å². The number of nitrogens with two attached hydrogens (primary N) is 2. The maximum Gasteiger partial charge on any atom is 0.573 e. The molecule has 0 aliphatic heterocycles. The molecule has 0 fully saturated rings. The van der Waals surface area contributed by atoms with Crippen LogP contribution in [0.2, 0.25) is 0 Å². The zero-order chi connectivity index (χ0) is 10.9. The summed E-state index contributed by atoms with van der Waals surface area (Å²) in [4.78, 5) is 3.21. The second-order valence-electron chi connectivity index (χ2n) is 2.29. The highest BCUT2D eigenvalue weighted by atomic mass is 19.4. The summed E-state index contributed by atoms with van der Waals surface area (Å²) in [6, 6.07) is 0.581. The summed E-state index contributed by atoms with van der Waals surface area (Å²) >= 11 is 0. The van der Waals surface area contributed by atoms with Gasteiger partial charge in [0.25, 0.3) is 0 Å². The lowest BCUT2D eigenvalue weighted by molar-refractivity contribution is -0.275. The number of alkyl halides is 3. The summed E-state index contributed by atoms with van der Waals surface area (Å²) in [6.45, 7) is 0. The Morgan fingerprint density at radius 1 is 1.29 bits per heavy atom. The molecule has 0 saturated carbocycles. The first kappa shape index (κ1) is 10.4. The van der Waals surface area contributed by atoms with Crippen LogP contribution >= 0.6 is 0 Å². The lowest BCUT2D eigenvalue weighted by Gasteiger charge is -2.11. The van der Waals surface area contributed by atoms with E-state index in [1.165, 1.54) is 0 Å². The van der Waals surface area contributed by atoms with Crippen LogP contribution in [0.15, 0.2) is 6.07 Å². The van der Waals surface area contributed by atoms with Crippen molar-refractivity contribution in [3.05, 3.63) is 11.9 Å². The highest BCUT2D eigenvalue weighted by Gasteiger charge is 2.33. The van der Waals surface area contributed by atoms with Crippen LogP contribution in [0.4, 0.5) is 29.2 Å². The number of halogens is 4. The van der Waals surface area contributed by atoms with Crippen LogP contribution in [-0.2, 0) is 0 Å². The van der Waals surface area contributed by atoms with Gasteiger partial charge in [-0.05, 0) is 0 Å². The Morgan fingerprint density at radius 3 is 2.29 bits per heavy atom. The fraction of sp³-hybridized carbons (Fsp3) is 0.167. The molecule has 1 heterocycles. The molecule has 78 valence electrons. The number of hydrogen-bond donors (Lipinski definition) is 2. The number of ether oxygens (including phenoxy) is 1. The van der Waals surface area contributed by atoms with Gasteiger partial charge in [0.15, 0.2) is 11.6 Å². The molecule has 0 aliphatic rings. The minimum Gasteiger partial charge on any atom is -0.399 e. The molecule has 0 aromatic carbocycles. The van der Waals surface area contributed by atoms with Gasteiger partial charge in [0.05, 0.1) is 0 Å². The van der Waals surface area contributed by atoms with Crippen LogP contribution in [0.3, 0.4) is 0 Å². The summed E-state index contributed by atoms with van der Waals surface area (Å²) in [5, 5.41) is 0. The van der Waals surface area contributed by atoms with Crippen molar-refractivity contribution in [1.82, 2.24) is 4.98 Å². The van der Waals surface area contributed by atoms with E-state index in [0.29, 0.717) is 6.07 Å². The van der Waals surface area contributed by atoms with Crippen LogP contribution < -0.4 is 16.2 Å². The number of aromatic nitrogens is 1. The largest absolute Gasteiger partial charge is 0.573 e. The van der Waals surface area contributed by atoms with Gasteiger partial charge in [-0.3, -0.25) is 0 Å². The van der Waals surface area contributed by atoms with Gasteiger partial charge in [-0.25, -0.2) is 9.37 Å². The quantitative estimate of drug-likeness (QED) is 0.686. The second-order valence-corrected chi connectivity index (χ2v) is 2.29. The van der Waals surface area contributed by atoms with Gasteiger partial charge in [-0.1, -0.05) is 0 Å². The minimum absolute atomic E-state index is 0.325. The van der Waals surface area contributed by atoms with Crippen molar-refractivity contribution in [2.75, 3.05) is 11.5 Å². The van der Waals surface area contributed by atoms with Crippen molar-refractivity contribution in [1.29, 1.82) is 0 Å². The van der Waals surface area contributed by atoms with Crippen molar-refractivity contribution in [3.63, 3.8) is 0 Å². The number of rotatable bonds is 1. The molecule has 1 aromatic rings. The van der Waals surface area contributed by atoms with Crippen LogP contribution in [0.25, 0.3) is 0 Å². The molecule has 4 N–H and O–H groups in total. The Hall–Kier alpha value is -1.73. The molecule has 14 heavy (non-hydrogen) atoms. The second kappa shape index (κ2) is 3.20. The summed E-state index contributed by atoms with van der Waals surface area (Å²) < 4.78 is 51.2. The highest BCUT2D eigenvalue weighted by Crippen LogP contribution is 2.30. The SMILES string of the molecule is Nc1cc(F)c(OC(F)(F)F)c(N)n1. The zero-order valence-corrected chi connectivity index (χ0v) is 6.60. The topological polar surface area (TPSA) is 74.2 Å². The minimum atomic E-state index is -5.02. The van der Waals surface area contributed by atoms with E-state index in [1.54, 1.807) is 0 Å². The van der Waals surface area contributed by atoms with Crippen molar-refractivity contribution in [2.24, 2.45) is 0 Å². The molecule has 0 spiro atoms. The van der Waals surface area contributed by atoms with Gasteiger partial charge >= 0.3 is 6.36 Å². The van der Waals surface area contributed by atoms with Gasteiger partial charge < -0.3 is 16.2 Å². The summed E-state index contributed by atoms with van der Waals surface area (Å²) in [7, 11) is 0. The first-order valence-electron chi connectivity index (χ1n) is 3.27. The van der Waals surface area contributed by atoms with Crippen molar-refractivity contribution >= 4 is 11.6 Å². The Bertz CT molecular complexity index is 328. The molecule has 1 aromatic heterocycles. The molecule has 0 unspecified atom stereocenters. The van der Waals surface area contributed by atoms with Gasteiger partial charge in [0.2, 0.25) is 5.75 Å². The highest BCUT2D eigenvalue weighted by molar-refractivity contribution is 5.52. The summed E-state index contributed by atoms with van der Waals surface area (Å²) in [5.74, 6) is -3.56. The zero-order valence-electron chi connectivity index (χ0n) is 6.60. The number of hydrogen-bond acceptors (Lipinski definition) is 4. The maximum atomic E-state index is 12.8. The molecule has 0 atom stereocenters. The Balaban J connectivity index is 3.09. The first-order valence-corrected chi connectivity index (χ1v) is 3.27. The third-order valence-electron chi connectivity index (χ3n) is 1.19. The molecular weight excluding hydrogens is 206 g/mol. The summed E-state index contributed by atoms with van der Waals surface area (Å²) in [5.41, 5.74) is 10.00. The molecule has 0 bridgehead atoms. The molecule has 4 nitrogen and oxygen atoms in total. The Labute approximate surface area is 75.5 Å². The van der Waals surface area contributed by atoms with E-state index in [0.717, 1.165) is 0 Å². The third kappa shape index (κ3) is 2.38. The van der Waals surface area contributed by atoms with Crippen LogP contribution in [0.1, 0.15) is 0 Å². The van der Waals surface area contributed by atoms with E-state index >= 15 is 0 Å². The predicted octanol–water partition coefficient (Wildman–Crippen LogP) is 1.28. The number of pyridine rings is 1. The number of nitrogen functional groups attached to an aromatic ring is 2. The number of nitrogens with zero attached hydrogens (tertiary/aromatic N) is 1. The molecule has 0 aliphatic carbocycles. The van der Waals surface area contributed by atoms with Crippen LogP contribution in [-0.4, -0.2) is 11.3 Å². The van der Waals surface area contributed by atoms with E-state index in [4.69, 9.17) is 11.5 Å². The Morgan fingerprint density at radius 2 is 1.86 bits per heavy atom. The van der Waals surface area contributed by atoms with Crippen molar-refractivity contribution < 1.29 is 22.3 Å². The molecule has 0 saturated heterocycles.